The minimum absolute atomic E-state index is 0.129. The lowest BCUT2D eigenvalue weighted by Gasteiger charge is -2.53. The van der Waals surface area contributed by atoms with Crippen LogP contribution in [0.15, 0.2) is 226 Å². The van der Waals surface area contributed by atoms with E-state index in [9.17, 15) is 28.8 Å². The molecule has 107 heavy (non-hydrogen) atoms. The third-order valence-electron chi connectivity index (χ3n) is 17.0. The number of benzene rings is 5. The van der Waals surface area contributed by atoms with Crippen LogP contribution in [-0.4, -0.2) is 99.0 Å². The largest absolute Gasteiger partial charge is 0.490 e. The van der Waals surface area contributed by atoms with E-state index in [4.69, 9.17) is 37.9 Å². The van der Waals surface area contributed by atoms with Gasteiger partial charge >= 0.3 is 35.8 Å². The van der Waals surface area contributed by atoms with Crippen LogP contribution in [0, 0.1) is 23.7 Å². The van der Waals surface area contributed by atoms with Crippen molar-refractivity contribution in [2.24, 2.45) is 23.7 Å². The second-order valence-electron chi connectivity index (χ2n) is 30.3. The van der Waals surface area contributed by atoms with E-state index < -0.39 is 5.60 Å². The summed E-state index contributed by atoms with van der Waals surface area (Å²) in [5.74, 6) is 3.02. The highest BCUT2D eigenvalue weighted by Crippen LogP contribution is 2.54. The number of para-hydroxylation sites is 1. The number of hydrogen-bond acceptors (Lipinski definition) is 15. The summed E-state index contributed by atoms with van der Waals surface area (Å²) in [6, 6.07) is 45.0. The van der Waals surface area contributed by atoms with Crippen molar-refractivity contribution in [1.29, 1.82) is 0 Å². The molecule has 0 saturated heterocycles. The van der Waals surface area contributed by atoms with Crippen LogP contribution in [0.5, 0.6) is 11.5 Å². The van der Waals surface area contributed by atoms with Crippen LogP contribution in [0.25, 0.3) is 12.2 Å². The maximum Gasteiger partial charge on any atom is 0.333 e. The fourth-order valence-corrected chi connectivity index (χ4v) is 11.3. The Balaban J connectivity index is 0.000000417. The second-order valence-corrected chi connectivity index (χ2v) is 30.3. The summed E-state index contributed by atoms with van der Waals surface area (Å²) in [7, 11) is 3.85. The van der Waals surface area contributed by atoms with Crippen LogP contribution >= 0.6 is 0 Å². The molecule has 5 fully saturated rings. The molecule has 15 nitrogen and oxygen atoms in total. The predicted octanol–water partition coefficient (Wildman–Crippen LogP) is 20.7. The topological polar surface area (TPSA) is 179 Å². The maximum absolute atomic E-state index is 11.6. The normalized spacial score (nSPS) is 16.3. The van der Waals surface area contributed by atoms with Gasteiger partial charge in [0.15, 0.2) is 0 Å². The first-order valence-electron chi connectivity index (χ1n) is 36.9. The van der Waals surface area contributed by atoms with Crippen molar-refractivity contribution in [3.63, 3.8) is 0 Å². The molecular weight excluding hydrogens is 1340 g/mol. The number of rotatable bonds is 22. The zero-order valence-corrected chi connectivity index (χ0v) is 67.3. The Kier molecular flexibility index (Phi) is 42.4. The summed E-state index contributed by atoms with van der Waals surface area (Å²) >= 11 is 0. The number of ether oxygens (including phenoxy) is 8. The van der Waals surface area contributed by atoms with E-state index in [2.05, 4.69) is 97.7 Å². The molecule has 0 radical (unpaired) electrons. The minimum atomic E-state index is -0.614. The van der Waals surface area contributed by atoms with E-state index in [0.29, 0.717) is 65.1 Å². The summed E-state index contributed by atoms with van der Waals surface area (Å²) in [6.45, 7) is 57.1. The van der Waals surface area contributed by atoms with Gasteiger partial charge in [-0.3, -0.25) is 0 Å². The first-order chi connectivity index (χ1) is 50.2. The van der Waals surface area contributed by atoms with Gasteiger partial charge in [-0.1, -0.05) is 207 Å². The molecule has 5 aliphatic carbocycles. The Hall–Kier alpha value is -9.60. The van der Waals surface area contributed by atoms with E-state index in [1.54, 1.807) is 41.5 Å². The van der Waals surface area contributed by atoms with E-state index in [0.717, 1.165) is 59.4 Å². The van der Waals surface area contributed by atoms with Crippen LogP contribution in [-0.2, 0) is 74.8 Å². The molecule has 0 N–H and O–H groups in total. The van der Waals surface area contributed by atoms with Crippen molar-refractivity contribution in [3.8, 4) is 11.5 Å². The molecular formula is C92H125NO14. The van der Waals surface area contributed by atoms with Crippen LogP contribution in [0.4, 0.5) is 0 Å². The average Bonchev–Trinajstić information content (AvgIpc) is 0.763. The van der Waals surface area contributed by atoms with Gasteiger partial charge in [0.05, 0.1) is 0 Å². The van der Waals surface area contributed by atoms with Crippen LogP contribution in [0.2, 0.25) is 0 Å². The summed E-state index contributed by atoms with van der Waals surface area (Å²) < 4.78 is 41.9. The molecule has 0 aromatic heterocycles. The minimum Gasteiger partial charge on any atom is -0.490 e. The zero-order chi connectivity index (χ0) is 80.5. The van der Waals surface area contributed by atoms with Crippen molar-refractivity contribution in [1.82, 2.24) is 4.90 Å². The molecule has 5 saturated carbocycles. The molecule has 582 valence electrons. The highest BCUT2D eigenvalue weighted by atomic mass is 16.6. The molecule has 0 unspecified atom stereocenters. The Morgan fingerprint density at radius 2 is 0.850 bits per heavy atom. The predicted molar refractivity (Wildman–Crippen MR) is 435 cm³/mol. The summed E-state index contributed by atoms with van der Waals surface area (Å²) in [5.41, 5.74) is 7.85. The van der Waals surface area contributed by atoms with Gasteiger partial charge in [0, 0.05) is 40.0 Å². The Labute approximate surface area is 641 Å². The summed E-state index contributed by atoms with van der Waals surface area (Å²) in [4.78, 5) is 68.8. The SMILES string of the molecule is C=C(C)C(=O)OC(C)(C)c1ccccc1.C=C(C)C(=O)OC1C2CC3CC(C2)CC1C3.C=C(C)C(=O)OC1CCCCC1.C=C(C)C(=O)OCCN(C)C.C=C(C)C(=O)OCCOc1ccccc1.C=C(C)C(=O)OCc1ccccc1.C=Cc1ccc(C(C)(C)C)cc1.C=Cc1ccc(OC(C)(C)C)cc1. The molecule has 4 bridgehead atoms. The standard InChI is InChI=1S/C14H20O2.C13H16O2.C12H14O3.C12H16O.C12H16.C11H12O2.C10H16O2.C8H15NO2/c1-8(2)14(15)16-13-11-4-9-3-10(6-11)7-12(13)5-9;1-10(2)12(14)15-13(3,4)11-8-6-5-7-9-11;1-10(2)12(13)15-9-8-14-11-6-4-3-5-7-11;1-5-10-6-8-11(9-7-10)13-12(2,3)4;1-5-10-6-8-11(9-7-10)12(2,3)4;1-9(2)11(12)13-8-10-6-4-3-5-7-10;1-8(2)10(11)12-9-6-4-3-5-7-9;1-7(2)8(10)11-6-5-9(3)4/h9-13H,1,3-7H2,2H3;5-9H,1H2,2-4H3;3-7H,1,8-9H2,2H3;5-9H,1H2,2-4H3;5-9H,1H2,2-4H3;3-7H,1,8H2,2H3;9H,1,3-7H2,2H3;1,5-6H2,2-4H3. The maximum atomic E-state index is 11.6. The molecule has 0 aliphatic heterocycles. The molecule has 0 amide bonds. The molecule has 10 rings (SSSR count). The zero-order valence-electron chi connectivity index (χ0n) is 67.3. The van der Waals surface area contributed by atoms with Crippen LogP contribution < -0.4 is 9.47 Å². The van der Waals surface area contributed by atoms with Crippen LogP contribution in [0.1, 0.15) is 189 Å². The fraction of sp³-hybridized carbons (Fsp3) is 0.435. The molecule has 5 aromatic carbocycles. The van der Waals surface area contributed by atoms with E-state index >= 15 is 0 Å². The smallest absolute Gasteiger partial charge is 0.333 e. The molecule has 0 atom stereocenters. The Bertz CT molecular complexity index is 3590. The number of nitrogens with zero attached hydrogens (tertiary/aromatic N) is 1. The van der Waals surface area contributed by atoms with Crippen molar-refractivity contribution in [2.45, 2.75) is 197 Å². The van der Waals surface area contributed by atoms with E-state index in [1.165, 1.54) is 62.5 Å². The van der Waals surface area contributed by atoms with Gasteiger partial charge in [-0.15, -0.1) is 0 Å². The average molecular weight is 1470 g/mol. The van der Waals surface area contributed by atoms with Crippen molar-refractivity contribution in [3.05, 3.63) is 253 Å². The quantitative estimate of drug-likeness (QED) is 0.0276. The number of esters is 6. The molecule has 0 heterocycles. The number of hydrogen-bond donors (Lipinski definition) is 0. The number of carbonyl (C=O) groups excluding carboxylic acids is 6. The van der Waals surface area contributed by atoms with Gasteiger partial charge in [-0.2, -0.15) is 0 Å². The van der Waals surface area contributed by atoms with Crippen molar-refractivity contribution in [2.75, 3.05) is 40.5 Å². The van der Waals surface area contributed by atoms with Crippen molar-refractivity contribution < 1.29 is 66.7 Å². The van der Waals surface area contributed by atoms with Gasteiger partial charge in [0.25, 0.3) is 0 Å². The Morgan fingerprint density at radius 3 is 1.27 bits per heavy atom. The highest BCUT2D eigenvalue weighted by molar-refractivity contribution is 5.89. The summed E-state index contributed by atoms with van der Waals surface area (Å²) in [5, 5.41) is 0. The third kappa shape index (κ3) is 40.1. The second kappa shape index (κ2) is 48.6. The van der Waals surface area contributed by atoms with Gasteiger partial charge in [0.1, 0.15) is 61.3 Å². The lowest BCUT2D eigenvalue weighted by molar-refractivity contribution is -0.166. The van der Waals surface area contributed by atoms with Gasteiger partial charge in [-0.25, -0.2) is 28.8 Å². The first-order valence-corrected chi connectivity index (χ1v) is 36.9. The monoisotopic (exact) mass is 1470 g/mol. The first kappa shape index (κ1) is 93.5. The lowest BCUT2D eigenvalue weighted by Crippen LogP contribution is -2.50. The van der Waals surface area contributed by atoms with Gasteiger partial charge in [-0.05, 0) is 229 Å². The Morgan fingerprint density at radius 1 is 0.439 bits per heavy atom. The number of carbonyl (C=O) groups is 6. The van der Waals surface area contributed by atoms with Crippen molar-refractivity contribution >= 4 is 48.0 Å². The third-order valence-corrected chi connectivity index (χ3v) is 17.0. The lowest BCUT2D eigenvalue weighted by atomic mass is 9.55. The fourth-order valence-electron chi connectivity index (χ4n) is 11.3. The molecule has 15 heteroatoms. The molecule has 5 aliphatic rings. The summed E-state index contributed by atoms with van der Waals surface area (Å²) in [6.07, 6.45) is 16.4. The van der Waals surface area contributed by atoms with Gasteiger partial charge in [0.2, 0.25) is 0 Å². The number of likely N-dealkylation sites (N-methyl/N-ethyl adjacent to an activating group) is 1. The highest BCUT2D eigenvalue weighted by Gasteiger charge is 2.50. The van der Waals surface area contributed by atoms with E-state index in [1.807, 2.05) is 181 Å². The molecule has 0 spiro atoms. The van der Waals surface area contributed by atoms with E-state index in [-0.39, 0.29) is 65.6 Å². The van der Waals surface area contributed by atoms with Crippen LogP contribution in [0.3, 0.4) is 0 Å². The van der Waals surface area contributed by atoms with Gasteiger partial charge < -0.3 is 42.8 Å². The molecule has 5 aromatic rings.